The van der Waals surface area contributed by atoms with Gasteiger partial charge >= 0.3 is 6.03 Å². The molecule has 3 N–H and O–H groups in total. The highest BCUT2D eigenvalue weighted by Gasteiger charge is 2.03. The molecular weight excluding hydrogens is 226 g/mol. The first-order valence-electron chi connectivity index (χ1n) is 5.98. The van der Waals surface area contributed by atoms with E-state index >= 15 is 0 Å². The van der Waals surface area contributed by atoms with Crippen molar-refractivity contribution in [1.82, 2.24) is 4.57 Å². The highest BCUT2D eigenvalue weighted by Crippen LogP contribution is 2.15. The van der Waals surface area contributed by atoms with Crippen LogP contribution in [-0.4, -0.2) is 10.6 Å². The summed E-state index contributed by atoms with van der Waals surface area (Å²) in [5.41, 5.74) is 8.24. The van der Waals surface area contributed by atoms with E-state index in [1.54, 1.807) is 0 Å². The third-order valence-electron chi connectivity index (χ3n) is 2.84. The van der Waals surface area contributed by atoms with E-state index in [1.165, 1.54) is 5.69 Å². The minimum absolute atomic E-state index is 0.538. The van der Waals surface area contributed by atoms with E-state index in [4.69, 9.17) is 5.73 Å². The van der Waals surface area contributed by atoms with Crippen LogP contribution in [0.5, 0.6) is 0 Å². The van der Waals surface area contributed by atoms with Crippen LogP contribution in [0, 0.1) is 0 Å². The van der Waals surface area contributed by atoms with Crippen molar-refractivity contribution in [3.05, 3.63) is 53.9 Å². The Morgan fingerprint density at radius 3 is 2.89 bits per heavy atom. The second-order valence-electron chi connectivity index (χ2n) is 4.15. The quantitative estimate of drug-likeness (QED) is 0.852. The van der Waals surface area contributed by atoms with E-state index in [9.17, 15) is 4.79 Å². The molecular formula is C14H17N3O. The van der Waals surface area contributed by atoms with Crippen molar-refractivity contribution >= 4 is 11.7 Å². The number of anilines is 1. The summed E-state index contributed by atoms with van der Waals surface area (Å²) in [6.07, 6.45) is 2.91. The Kier molecular flexibility index (Phi) is 3.67. The summed E-state index contributed by atoms with van der Waals surface area (Å²) in [7, 11) is 0. The van der Waals surface area contributed by atoms with Crippen LogP contribution >= 0.6 is 0 Å². The maximum absolute atomic E-state index is 10.8. The Morgan fingerprint density at radius 2 is 2.17 bits per heavy atom. The van der Waals surface area contributed by atoms with Gasteiger partial charge in [0.25, 0.3) is 0 Å². The van der Waals surface area contributed by atoms with E-state index in [0.29, 0.717) is 0 Å². The van der Waals surface area contributed by atoms with Crippen LogP contribution in [0.15, 0.2) is 42.6 Å². The number of hydrogen-bond acceptors (Lipinski definition) is 1. The Balaban J connectivity index is 2.16. The first-order valence-corrected chi connectivity index (χ1v) is 5.98. The van der Waals surface area contributed by atoms with Gasteiger partial charge in [-0.15, -0.1) is 0 Å². The number of nitrogens with two attached hydrogens (primary N) is 1. The molecule has 0 aliphatic carbocycles. The van der Waals surface area contributed by atoms with Crippen molar-refractivity contribution in [1.29, 1.82) is 0 Å². The molecule has 0 fully saturated rings. The van der Waals surface area contributed by atoms with Crippen LogP contribution in [0.3, 0.4) is 0 Å². The third-order valence-corrected chi connectivity index (χ3v) is 2.84. The molecule has 0 saturated heterocycles. The van der Waals surface area contributed by atoms with Gasteiger partial charge in [0.15, 0.2) is 0 Å². The van der Waals surface area contributed by atoms with E-state index < -0.39 is 6.03 Å². The minimum Gasteiger partial charge on any atom is -0.351 e. The molecule has 4 heteroatoms. The summed E-state index contributed by atoms with van der Waals surface area (Å²) in [6, 6.07) is 11.3. The van der Waals surface area contributed by atoms with Crippen molar-refractivity contribution in [3.8, 4) is 0 Å². The van der Waals surface area contributed by atoms with Crippen molar-refractivity contribution in [2.24, 2.45) is 5.73 Å². The molecule has 0 bridgehead atoms. The molecule has 2 amide bonds. The highest BCUT2D eigenvalue weighted by molar-refractivity contribution is 5.87. The van der Waals surface area contributed by atoms with Gasteiger partial charge in [0.2, 0.25) is 0 Å². The molecule has 1 heterocycles. The molecule has 2 rings (SSSR count). The van der Waals surface area contributed by atoms with Gasteiger partial charge in [0.1, 0.15) is 0 Å². The highest BCUT2D eigenvalue weighted by atomic mass is 16.2. The van der Waals surface area contributed by atoms with E-state index in [1.807, 2.05) is 30.3 Å². The first kappa shape index (κ1) is 12.2. The van der Waals surface area contributed by atoms with Crippen LogP contribution < -0.4 is 11.1 Å². The monoisotopic (exact) mass is 243 g/mol. The first-order chi connectivity index (χ1) is 8.69. The standard InChI is InChI=1S/C14H17N3O/c1-2-17-8-4-7-13(17)10-11-5-3-6-12(9-11)16-14(15)18/h3-9H,2,10H2,1H3,(H3,15,16,18). The second kappa shape index (κ2) is 5.40. The molecule has 18 heavy (non-hydrogen) atoms. The molecule has 1 aromatic carbocycles. The van der Waals surface area contributed by atoms with E-state index in [-0.39, 0.29) is 0 Å². The SMILES string of the molecule is CCn1cccc1Cc1cccc(NC(N)=O)c1. The summed E-state index contributed by atoms with van der Waals surface area (Å²) in [5, 5.41) is 2.59. The average molecular weight is 243 g/mol. The molecule has 0 aliphatic rings. The van der Waals surface area contributed by atoms with E-state index in [2.05, 4.69) is 29.1 Å². The van der Waals surface area contributed by atoms with Crippen molar-refractivity contribution < 1.29 is 4.79 Å². The fourth-order valence-electron chi connectivity index (χ4n) is 2.03. The number of carbonyl (C=O) groups excluding carboxylic acids is 1. The predicted molar refractivity (Wildman–Crippen MR) is 72.6 cm³/mol. The number of aryl methyl sites for hydroxylation is 1. The van der Waals surface area contributed by atoms with Crippen LogP contribution in [0.1, 0.15) is 18.2 Å². The van der Waals surface area contributed by atoms with Gasteiger partial charge in [-0.25, -0.2) is 4.79 Å². The third kappa shape index (κ3) is 2.91. The van der Waals surface area contributed by atoms with E-state index in [0.717, 1.165) is 24.2 Å². The van der Waals surface area contributed by atoms with Crippen LogP contribution in [0.2, 0.25) is 0 Å². The van der Waals surface area contributed by atoms with Gasteiger partial charge in [0.05, 0.1) is 0 Å². The van der Waals surface area contributed by atoms with Gasteiger partial charge < -0.3 is 15.6 Å². The lowest BCUT2D eigenvalue weighted by atomic mass is 10.1. The largest absolute Gasteiger partial charge is 0.351 e. The number of amides is 2. The fourth-order valence-corrected chi connectivity index (χ4v) is 2.03. The zero-order chi connectivity index (χ0) is 13.0. The Bertz CT molecular complexity index is 545. The zero-order valence-corrected chi connectivity index (χ0v) is 10.4. The fraction of sp³-hybridized carbons (Fsp3) is 0.214. The maximum atomic E-state index is 10.8. The van der Waals surface area contributed by atoms with Gasteiger partial charge in [-0.2, -0.15) is 0 Å². The summed E-state index contributed by atoms with van der Waals surface area (Å²) in [4.78, 5) is 10.8. The minimum atomic E-state index is -0.538. The molecule has 1 aromatic heterocycles. The number of nitrogens with one attached hydrogen (secondary N) is 1. The van der Waals surface area contributed by atoms with Gasteiger partial charge in [-0.1, -0.05) is 12.1 Å². The van der Waals surface area contributed by atoms with Crippen molar-refractivity contribution in [2.75, 3.05) is 5.32 Å². The summed E-state index contributed by atoms with van der Waals surface area (Å²) >= 11 is 0. The second-order valence-corrected chi connectivity index (χ2v) is 4.15. The van der Waals surface area contributed by atoms with Gasteiger partial charge in [-0.05, 0) is 36.8 Å². The molecule has 0 spiro atoms. The molecule has 0 radical (unpaired) electrons. The molecule has 4 nitrogen and oxygen atoms in total. The van der Waals surface area contributed by atoms with Crippen molar-refractivity contribution in [3.63, 3.8) is 0 Å². The Labute approximate surface area is 106 Å². The number of benzene rings is 1. The number of urea groups is 1. The number of primary amides is 1. The molecule has 0 saturated carbocycles. The molecule has 0 atom stereocenters. The lowest BCUT2D eigenvalue weighted by molar-refractivity contribution is 0.259. The summed E-state index contributed by atoms with van der Waals surface area (Å²) in [6.45, 7) is 3.08. The van der Waals surface area contributed by atoms with Crippen LogP contribution in [0.25, 0.3) is 0 Å². The number of aromatic nitrogens is 1. The predicted octanol–water partition coefficient (Wildman–Crippen LogP) is 2.59. The normalized spacial score (nSPS) is 10.3. The average Bonchev–Trinajstić information content (AvgIpc) is 2.76. The lowest BCUT2D eigenvalue weighted by Gasteiger charge is -2.08. The number of carbonyl (C=O) groups is 1. The molecule has 94 valence electrons. The number of hydrogen-bond donors (Lipinski definition) is 2. The molecule has 0 aliphatic heterocycles. The maximum Gasteiger partial charge on any atom is 0.316 e. The van der Waals surface area contributed by atoms with Gasteiger partial charge in [-0.3, -0.25) is 0 Å². The molecule has 2 aromatic rings. The van der Waals surface area contributed by atoms with Gasteiger partial charge in [0, 0.05) is 30.5 Å². The number of rotatable bonds is 4. The summed E-state index contributed by atoms with van der Waals surface area (Å²) in [5.74, 6) is 0. The lowest BCUT2D eigenvalue weighted by Crippen LogP contribution is -2.19. The topological polar surface area (TPSA) is 60.1 Å². The Morgan fingerprint density at radius 1 is 1.33 bits per heavy atom. The Hall–Kier alpha value is -2.23. The zero-order valence-electron chi connectivity index (χ0n) is 10.4. The molecule has 0 unspecified atom stereocenters. The number of nitrogens with zero attached hydrogens (tertiary/aromatic N) is 1. The smallest absolute Gasteiger partial charge is 0.316 e. The van der Waals surface area contributed by atoms with Crippen LogP contribution in [0.4, 0.5) is 10.5 Å². The summed E-state index contributed by atoms with van der Waals surface area (Å²) < 4.78 is 2.20. The van der Waals surface area contributed by atoms with Crippen LogP contribution in [-0.2, 0) is 13.0 Å². The van der Waals surface area contributed by atoms with Crippen molar-refractivity contribution in [2.45, 2.75) is 19.9 Å².